The van der Waals surface area contributed by atoms with Gasteiger partial charge in [-0.2, -0.15) is 0 Å². The van der Waals surface area contributed by atoms with Gasteiger partial charge >= 0.3 is 0 Å². The van der Waals surface area contributed by atoms with Crippen LogP contribution in [0.1, 0.15) is 20.8 Å². The van der Waals surface area contributed by atoms with Gasteiger partial charge in [-0.15, -0.1) is 0 Å². The summed E-state index contributed by atoms with van der Waals surface area (Å²) in [4.78, 5) is 10.6. The van der Waals surface area contributed by atoms with Crippen molar-refractivity contribution >= 4 is 25.0 Å². The number of aliphatic hydroxyl groups excluding tert-OH is 4. The van der Waals surface area contributed by atoms with Gasteiger partial charge in [-0.05, 0) is 15.4 Å². The van der Waals surface area contributed by atoms with Crippen LogP contribution in [0.5, 0.6) is 0 Å². The summed E-state index contributed by atoms with van der Waals surface area (Å²) in [6, 6.07) is 19.9. The second kappa shape index (κ2) is 11.1. The molecule has 170 valence electrons. The van der Waals surface area contributed by atoms with E-state index in [1.54, 1.807) is 0 Å². The van der Waals surface area contributed by atoms with Crippen LogP contribution in [0.15, 0.2) is 60.7 Å². The fraction of sp³-hybridized carbons (Fsp3) is 0.435. The van der Waals surface area contributed by atoms with Gasteiger partial charge in [0.2, 0.25) is 0 Å². The van der Waals surface area contributed by atoms with Gasteiger partial charge in [0.1, 0.15) is 31.2 Å². The Morgan fingerprint density at radius 2 is 1.35 bits per heavy atom. The average molecular weight is 449 g/mol. The zero-order valence-corrected chi connectivity index (χ0v) is 19.1. The van der Waals surface area contributed by atoms with Crippen LogP contribution in [0.2, 0.25) is 5.04 Å². The standard InChI is InChI=1S/C23H32O7Si/c1-23(2,3)31(17-10-6-4-7-11-17,18-12-8-5-9-13-18)30-16-29-15-20(26)22(28)21(27)19(25)14-24/h4-14,19-22,25-28H,15-16H2,1-3H3/t19-,20+,21+,22-/m0/s1. The van der Waals surface area contributed by atoms with E-state index in [1.165, 1.54) is 0 Å². The molecule has 0 saturated carbocycles. The molecule has 0 aliphatic carbocycles. The highest BCUT2D eigenvalue weighted by Crippen LogP contribution is 2.36. The molecule has 0 heterocycles. The molecule has 0 aliphatic rings. The minimum Gasteiger partial charge on any atom is -0.388 e. The molecule has 2 rings (SSSR count). The van der Waals surface area contributed by atoms with Crippen LogP contribution in [0.4, 0.5) is 0 Å². The molecule has 0 bridgehead atoms. The van der Waals surface area contributed by atoms with E-state index in [-0.39, 0.29) is 24.7 Å². The minimum absolute atomic E-state index is 0.0909. The maximum atomic E-state index is 10.6. The molecule has 0 spiro atoms. The SMILES string of the molecule is CC(C)(C)[Si](OCOC[C@@H](O)[C@H](O)[C@H](O)[C@@H](O)C=O)(c1ccccc1)c1ccccc1. The molecule has 0 unspecified atom stereocenters. The van der Waals surface area contributed by atoms with E-state index >= 15 is 0 Å². The molecule has 4 atom stereocenters. The lowest BCUT2D eigenvalue weighted by Crippen LogP contribution is -2.66. The van der Waals surface area contributed by atoms with Crippen molar-refractivity contribution < 1.29 is 34.4 Å². The van der Waals surface area contributed by atoms with E-state index in [0.717, 1.165) is 10.4 Å². The van der Waals surface area contributed by atoms with E-state index in [9.17, 15) is 25.2 Å². The summed E-state index contributed by atoms with van der Waals surface area (Å²) >= 11 is 0. The second-order valence-electron chi connectivity index (χ2n) is 8.47. The molecule has 7 nitrogen and oxygen atoms in total. The first-order chi connectivity index (χ1) is 14.6. The van der Waals surface area contributed by atoms with Crippen molar-refractivity contribution in [3.05, 3.63) is 60.7 Å². The Kier molecular flexibility index (Phi) is 9.08. The van der Waals surface area contributed by atoms with Gasteiger partial charge in [0.05, 0.1) is 6.61 Å². The third-order valence-electron chi connectivity index (χ3n) is 5.30. The number of hydrogen-bond donors (Lipinski definition) is 4. The van der Waals surface area contributed by atoms with Crippen molar-refractivity contribution in [3.8, 4) is 0 Å². The number of aldehydes is 1. The molecule has 0 radical (unpaired) electrons. The molecule has 0 aromatic heterocycles. The number of carbonyl (C=O) groups is 1. The molecule has 4 N–H and O–H groups in total. The van der Waals surface area contributed by atoms with Crippen LogP contribution in [0.3, 0.4) is 0 Å². The molecule has 2 aromatic carbocycles. The van der Waals surface area contributed by atoms with Crippen molar-refractivity contribution in [2.24, 2.45) is 0 Å². The Bertz CT molecular complexity index is 755. The summed E-state index contributed by atoms with van der Waals surface area (Å²) < 4.78 is 12.0. The number of hydrogen-bond acceptors (Lipinski definition) is 7. The normalized spacial score (nSPS) is 16.4. The van der Waals surface area contributed by atoms with Crippen molar-refractivity contribution in [1.82, 2.24) is 0 Å². The smallest absolute Gasteiger partial charge is 0.264 e. The summed E-state index contributed by atoms with van der Waals surface area (Å²) in [5.41, 5.74) is 0. The molecule has 2 aromatic rings. The zero-order chi connectivity index (χ0) is 23.1. The van der Waals surface area contributed by atoms with Gasteiger partial charge in [-0.3, -0.25) is 0 Å². The highest BCUT2D eigenvalue weighted by atomic mass is 28.4. The summed E-state index contributed by atoms with van der Waals surface area (Å²) in [5.74, 6) is 0. The van der Waals surface area contributed by atoms with Crippen LogP contribution >= 0.6 is 0 Å². The van der Waals surface area contributed by atoms with Gasteiger partial charge in [-0.25, -0.2) is 0 Å². The maximum Gasteiger partial charge on any atom is 0.264 e. The Morgan fingerprint density at radius 3 is 1.77 bits per heavy atom. The van der Waals surface area contributed by atoms with Crippen LogP contribution in [0, 0.1) is 0 Å². The van der Waals surface area contributed by atoms with Crippen molar-refractivity contribution in [1.29, 1.82) is 0 Å². The number of benzene rings is 2. The van der Waals surface area contributed by atoms with Crippen molar-refractivity contribution in [2.75, 3.05) is 13.4 Å². The number of rotatable bonds is 11. The van der Waals surface area contributed by atoms with Gasteiger partial charge in [0.25, 0.3) is 8.32 Å². The molecule has 0 saturated heterocycles. The molecule has 0 fully saturated rings. The average Bonchev–Trinajstić information content (AvgIpc) is 2.77. The molecular weight excluding hydrogens is 416 g/mol. The Hall–Kier alpha value is -1.91. The number of ether oxygens (including phenoxy) is 1. The predicted octanol–water partition coefficient (Wildman–Crippen LogP) is 0.180. The van der Waals surface area contributed by atoms with E-state index in [4.69, 9.17) is 9.16 Å². The number of aliphatic hydroxyl groups is 4. The molecule has 8 heteroatoms. The van der Waals surface area contributed by atoms with Crippen LogP contribution in [-0.4, -0.2) is 72.8 Å². The first kappa shape index (κ1) is 25.3. The first-order valence-corrected chi connectivity index (χ1v) is 12.1. The van der Waals surface area contributed by atoms with Crippen LogP contribution in [0.25, 0.3) is 0 Å². The third kappa shape index (κ3) is 5.87. The molecule has 0 aliphatic heterocycles. The quantitative estimate of drug-likeness (QED) is 0.168. The lowest BCUT2D eigenvalue weighted by atomic mass is 10.0. The van der Waals surface area contributed by atoms with Gasteiger partial charge < -0.3 is 34.4 Å². The van der Waals surface area contributed by atoms with E-state index < -0.39 is 32.7 Å². The third-order valence-corrected chi connectivity index (χ3v) is 10.3. The Labute approximate surface area is 184 Å². The molecule has 31 heavy (non-hydrogen) atoms. The Morgan fingerprint density at radius 1 is 0.871 bits per heavy atom. The monoisotopic (exact) mass is 448 g/mol. The summed E-state index contributed by atoms with van der Waals surface area (Å²) in [6.45, 7) is 5.87. The predicted molar refractivity (Wildman–Crippen MR) is 120 cm³/mol. The van der Waals surface area contributed by atoms with Crippen LogP contribution in [-0.2, 0) is 14.0 Å². The topological polar surface area (TPSA) is 116 Å². The van der Waals surface area contributed by atoms with Crippen molar-refractivity contribution in [3.63, 3.8) is 0 Å². The summed E-state index contributed by atoms with van der Waals surface area (Å²) in [6.07, 6.45) is -6.76. The zero-order valence-electron chi connectivity index (χ0n) is 18.1. The van der Waals surface area contributed by atoms with Gasteiger partial charge in [-0.1, -0.05) is 81.4 Å². The van der Waals surface area contributed by atoms with Gasteiger partial charge in [0.15, 0.2) is 6.29 Å². The number of carbonyl (C=O) groups excluding carboxylic acids is 1. The van der Waals surface area contributed by atoms with E-state index in [0.29, 0.717) is 0 Å². The lowest BCUT2D eigenvalue weighted by Gasteiger charge is -2.42. The molecule has 0 amide bonds. The Balaban J connectivity index is 2.19. The highest BCUT2D eigenvalue weighted by molar-refractivity contribution is 6.99. The highest BCUT2D eigenvalue weighted by Gasteiger charge is 2.50. The summed E-state index contributed by atoms with van der Waals surface area (Å²) in [5, 5.41) is 40.8. The molecular formula is C23H32O7Si. The van der Waals surface area contributed by atoms with Crippen LogP contribution < -0.4 is 10.4 Å². The van der Waals surface area contributed by atoms with E-state index in [2.05, 4.69) is 20.8 Å². The second-order valence-corrected chi connectivity index (χ2v) is 12.8. The largest absolute Gasteiger partial charge is 0.388 e. The van der Waals surface area contributed by atoms with Crippen molar-refractivity contribution in [2.45, 2.75) is 50.2 Å². The van der Waals surface area contributed by atoms with Gasteiger partial charge in [0, 0.05) is 0 Å². The fourth-order valence-corrected chi connectivity index (χ4v) is 8.08. The minimum atomic E-state index is -2.80. The van der Waals surface area contributed by atoms with E-state index in [1.807, 2.05) is 60.7 Å². The fourth-order valence-electron chi connectivity index (χ4n) is 3.67. The maximum absolute atomic E-state index is 10.6. The summed E-state index contributed by atoms with van der Waals surface area (Å²) in [7, 11) is -2.80. The lowest BCUT2D eigenvalue weighted by molar-refractivity contribution is -0.142. The first-order valence-electron chi connectivity index (χ1n) is 10.2.